The van der Waals surface area contributed by atoms with Crippen LogP contribution in [0, 0.1) is 6.92 Å². The fraction of sp³-hybridized carbons (Fsp3) is 0.231. The van der Waals surface area contributed by atoms with E-state index in [4.69, 9.17) is 4.74 Å². The smallest absolute Gasteiger partial charge is 0.412 e. The summed E-state index contributed by atoms with van der Waals surface area (Å²) in [6, 6.07) is 17.2. The predicted molar refractivity (Wildman–Crippen MR) is 133 cm³/mol. The number of ether oxygens (including phenoxy) is 1. The number of H-pyrrole nitrogens is 1. The number of aryl methyl sites for hydroxylation is 1. The Morgan fingerprint density at radius 1 is 1.11 bits per heavy atom. The zero-order valence-electron chi connectivity index (χ0n) is 19.2. The molecule has 1 aliphatic rings. The van der Waals surface area contributed by atoms with Crippen molar-refractivity contribution in [3.63, 3.8) is 0 Å². The average molecular weight is 489 g/mol. The Balaban J connectivity index is 1.31. The molecule has 2 aromatic carbocycles. The molecular formula is C26H24N4O4S. The summed E-state index contributed by atoms with van der Waals surface area (Å²) in [5.41, 5.74) is 3.78. The van der Waals surface area contributed by atoms with E-state index in [2.05, 4.69) is 19.7 Å². The molecule has 3 N–H and O–H groups in total. The van der Waals surface area contributed by atoms with Crippen LogP contribution in [0.1, 0.15) is 42.8 Å². The Hall–Kier alpha value is -3.98. The van der Waals surface area contributed by atoms with E-state index < -0.39 is 17.5 Å². The van der Waals surface area contributed by atoms with E-state index in [1.807, 2.05) is 68.4 Å². The Morgan fingerprint density at radius 3 is 2.46 bits per heavy atom. The summed E-state index contributed by atoms with van der Waals surface area (Å²) in [5, 5.41) is 12.4. The number of aromatic nitrogens is 3. The topological polar surface area (TPSA) is 117 Å². The number of hydrogen-bond donors (Lipinski definition) is 3. The molecule has 0 radical (unpaired) electrons. The van der Waals surface area contributed by atoms with Gasteiger partial charge in [-0.05, 0) is 49.3 Å². The fourth-order valence-corrected chi connectivity index (χ4v) is 4.86. The van der Waals surface area contributed by atoms with E-state index in [1.165, 1.54) is 11.5 Å². The van der Waals surface area contributed by atoms with Crippen LogP contribution in [-0.2, 0) is 14.9 Å². The van der Waals surface area contributed by atoms with Crippen molar-refractivity contribution in [2.24, 2.45) is 0 Å². The van der Waals surface area contributed by atoms with Crippen molar-refractivity contribution in [2.45, 2.75) is 38.2 Å². The van der Waals surface area contributed by atoms with Crippen LogP contribution >= 0.6 is 11.5 Å². The van der Waals surface area contributed by atoms with Crippen LogP contribution in [-0.4, -0.2) is 31.5 Å². The van der Waals surface area contributed by atoms with Crippen molar-refractivity contribution in [1.82, 2.24) is 14.3 Å². The van der Waals surface area contributed by atoms with Gasteiger partial charge in [0.05, 0.1) is 22.0 Å². The van der Waals surface area contributed by atoms with Gasteiger partial charge in [0.1, 0.15) is 17.3 Å². The molecule has 1 fully saturated rings. The molecule has 8 nitrogen and oxygen atoms in total. The molecular weight excluding hydrogens is 464 g/mol. The molecule has 0 saturated heterocycles. The molecule has 1 amide bonds. The highest BCUT2D eigenvalue weighted by atomic mass is 32.1. The molecule has 2 heterocycles. The molecule has 9 heteroatoms. The van der Waals surface area contributed by atoms with E-state index in [-0.39, 0.29) is 6.10 Å². The van der Waals surface area contributed by atoms with Crippen LogP contribution in [0.25, 0.3) is 21.8 Å². The number of carboxylic acid groups (broad SMARTS) is 1. The van der Waals surface area contributed by atoms with Crippen LogP contribution in [0.2, 0.25) is 0 Å². The summed E-state index contributed by atoms with van der Waals surface area (Å²) < 4.78 is 9.97. The number of imidazole rings is 1. The van der Waals surface area contributed by atoms with E-state index in [9.17, 15) is 14.7 Å². The first-order valence-corrected chi connectivity index (χ1v) is 12.0. The molecule has 1 unspecified atom stereocenters. The number of aromatic amines is 1. The minimum atomic E-state index is -0.821. The van der Waals surface area contributed by atoms with Gasteiger partial charge in [0.15, 0.2) is 0 Å². The summed E-state index contributed by atoms with van der Waals surface area (Å²) in [7, 11) is 0. The molecule has 1 aliphatic carbocycles. The summed E-state index contributed by atoms with van der Waals surface area (Å²) in [5.74, 6) is -0.197. The third kappa shape index (κ3) is 4.42. The molecule has 2 aromatic heterocycles. The Labute approximate surface area is 206 Å². The number of aliphatic carboxylic acids is 1. The number of carboxylic acids is 1. The molecule has 5 rings (SSSR count). The number of carbonyl (C=O) groups excluding carboxylic acids is 1. The lowest BCUT2D eigenvalue weighted by Gasteiger charge is -2.14. The van der Waals surface area contributed by atoms with Crippen LogP contribution in [0.5, 0.6) is 0 Å². The summed E-state index contributed by atoms with van der Waals surface area (Å²) in [6.45, 7) is 3.67. The normalized spacial score (nSPS) is 14.8. The molecule has 1 atom stereocenters. The highest BCUT2D eigenvalue weighted by molar-refractivity contribution is 7.10. The SMILES string of the molecule is Cc1nsc(-c2ccc(-c3ncc(C4(C(=O)O)CC4)[nH]3)cc2)c1NC(=O)OC(C)c1ccccc1. The summed E-state index contributed by atoms with van der Waals surface area (Å²) >= 11 is 1.30. The van der Waals surface area contributed by atoms with Gasteiger partial charge in [-0.1, -0.05) is 54.6 Å². The number of carbonyl (C=O) groups is 2. The number of rotatable bonds is 7. The maximum Gasteiger partial charge on any atom is 0.412 e. The molecule has 178 valence electrons. The van der Waals surface area contributed by atoms with Gasteiger partial charge in [-0.25, -0.2) is 9.78 Å². The van der Waals surface area contributed by atoms with Gasteiger partial charge < -0.3 is 14.8 Å². The molecule has 1 saturated carbocycles. The maximum absolute atomic E-state index is 12.6. The maximum atomic E-state index is 12.6. The number of nitrogens with zero attached hydrogens (tertiary/aromatic N) is 2. The van der Waals surface area contributed by atoms with Gasteiger partial charge in [-0.15, -0.1) is 0 Å². The molecule has 35 heavy (non-hydrogen) atoms. The minimum absolute atomic E-state index is 0.389. The molecule has 0 bridgehead atoms. The fourth-order valence-electron chi connectivity index (χ4n) is 4.01. The second-order valence-corrected chi connectivity index (χ2v) is 9.44. The first-order chi connectivity index (χ1) is 16.9. The lowest BCUT2D eigenvalue weighted by molar-refractivity contribution is -0.140. The van der Waals surface area contributed by atoms with E-state index in [1.54, 1.807) is 6.20 Å². The second kappa shape index (κ2) is 8.99. The Kier molecular flexibility index (Phi) is 5.86. The van der Waals surface area contributed by atoms with Crippen LogP contribution in [0.3, 0.4) is 0 Å². The third-order valence-electron chi connectivity index (χ3n) is 6.31. The number of benzene rings is 2. The van der Waals surface area contributed by atoms with Crippen LogP contribution in [0.15, 0.2) is 60.8 Å². The van der Waals surface area contributed by atoms with E-state index >= 15 is 0 Å². The zero-order valence-corrected chi connectivity index (χ0v) is 20.1. The van der Waals surface area contributed by atoms with Gasteiger partial charge in [-0.3, -0.25) is 10.1 Å². The first-order valence-electron chi connectivity index (χ1n) is 11.3. The largest absolute Gasteiger partial charge is 0.481 e. The van der Waals surface area contributed by atoms with Crippen LogP contribution in [0.4, 0.5) is 10.5 Å². The summed E-state index contributed by atoms with van der Waals surface area (Å²) in [4.78, 5) is 32.6. The van der Waals surface area contributed by atoms with Gasteiger partial charge in [0.2, 0.25) is 0 Å². The van der Waals surface area contributed by atoms with Gasteiger partial charge >= 0.3 is 12.1 Å². The van der Waals surface area contributed by atoms with Crippen molar-refractivity contribution >= 4 is 29.3 Å². The van der Waals surface area contributed by atoms with Gasteiger partial charge in [-0.2, -0.15) is 4.37 Å². The molecule has 0 aliphatic heterocycles. The van der Waals surface area contributed by atoms with Crippen molar-refractivity contribution in [3.05, 3.63) is 77.7 Å². The monoisotopic (exact) mass is 488 g/mol. The number of hydrogen-bond acceptors (Lipinski definition) is 6. The van der Waals surface area contributed by atoms with Crippen molar-refractivity contribution in [1.29, 1.82) is 0 Å². The van der Waals surface area contributed by atoms with Crippen LogP contribution < -0.4 is 5.32 Å². The van der Waals surface area contributed by atoms with E-state index in [0.29, 0.717) is 35.7 Å². The molecule has 4 aromatic rings. The van der Waals surface area contributed by atoms with Crippen molar-refractivity contribution in [2.75, 3.05) is 5.32 Å². The summed E-state index contributed by atoms with van der Waals surface area (Å²) in [6.07, 6.45) is 1.92. The second-order valence-electron chi connectivity index (χ2n) is 8.67. The first kappa shape index (κ1) is 22.8. The average Bonchev–Trinajstić information content (AvgIpc) is 3.40. The molecule has 0 spiro atoms. The zero-order chi connectivity index (χ0) is 24.6. The quantitative estimate of drug-likeness (QED) is 0.297. The number of nitrogens with one attached hydrogen (secondary N) is 2. The lowest BCUT2D eigenvalue weighted by Crippen LogP contribution is -2.19. The number of amides is 1. The highest BCUT2D eigenvalue weighted by Gasteiger charge is 2.53. The van der Waals surface area contributed by atoms with E-state index in [0.717, 1.165) is 21.6 Å². The lowest BCUT2D eigenvalue weighted by atomic mass is 10.0. The Bertz CT molecular complexity index is 1370. The van der Waals surface area contributed by atoms with Gasteiger partial charge in [0.25, 0.3) is 0 Å². The highest BCUT2D eigenvalue weighted by Crippen LogP contribution is 2.48. The Morgan fingerprint density at radius 2 is 1.80 bits per heavy atom. The van der Waals surface area contributed by atoms with Crippen molar-refractivity contribution in [3.8, 4) is 21.8 Å². The number of anilines is 1. The standard InChI is InChI=1S/C26H24N4O4S/c1-15-21(29-25(33)34-16(2)17-6-4-3-5-7-17)22(35-30-15)18-8-10-19(11-9-18)23-27-14-20(28-23)26(12-13-26)24(31)32/h3-11,14,16H,12-13H2,1-2H3,(H,27,28)(H,29,33)(H,31,32). The van der Waals surface area contributed by atoms with Crippen molar-refractivity contribution < 1.29 is 19.4 Å². The van der Waals surface area contributed by atoms with Gasteiger partial charge in [0, 0.05) is 11.8 Å². The third-order valence-corrected chi connectivity index (χ3v) is 7.30. The minimum Gasteiger partial charge on any atom is -0.481 e. The predicted octanol–water partition coefficient (Wildman–Crippen LogP) is 5.93.